The smallest absolute Gasteiger partial charge is 0.330 e. The van der Waals surface area contributed by atoms with Gasteiger partial charge in [-0.15, -0.1) is 0 Å². The van der Waals surface area contributed by atoms with E-state index < -0.39 is 17.8 Å². The molecule has 180 valence electrons. The average molecular weight is 470 g/mol. The fourth-order valence-corrected chi connectivity index (χ4v) is 2.81. The Balaban J connectivity index is 2.20. The number of ether oxygens (including phenoxy) is 5. The molecule has 34 heavy (non-hydrogen) atoms. The van der Waals surface area contributed by atoms with Gasteiger partial charge in [0.15, 0.2) is 0 Å². The highest BCUT2D eigenvalue weighted by molar-refractivity contribution is 6.05. The molecule has 0 aliphatic heterocycles. The highest BCUT2D eigenvalue weighted by Crippen LogP contribution is 2.35. The van der Waals surface area contributed by atoms with E-state index >= 15 is 0 Å². The topological polar surface area (TPSA) is 121 Å². The number of benzene rings is 2. The Labute approximate surface area is 197 Å². The molecule has 0 aliphatic rings. The van der Waals surface area contributed by atoms with Crippen LogP contribution in [0.5, 0.6) is 23.0 Å². The highest BCUT2D eigenvalue weighted by Gasteiger charge is 2.12. The van der Waals surface area contributed by atoms with Crippen molar-refractivity contribution in [2.45, 2.75) is 0 Å². The standard InChI is InChI=1S/C24H26N2O8/c1-30-16-13-20(32-3)17(21(14-16)33-4)7-9-22(27)25-15-6-8-19(31-2)18(12-15)26-23(28)10-11-24(29)34-5/h6-14H,1-5H3,(H,25,27)(H,26,28). The first kappa shape index (κ1) is 25.8. The van der Waals surface area contributed by atoms with Crippen molar-refractivity contribution in [2.75, 3.05) is 46.2 Å². The summed E-state index contributed by atoms with van der Waals surface area (Å²) in [4.78, 5) is 35.7. The minimum absolute atomic E-state index is 0.294. The minimum Gasteiger partial charge on any atom is -0.496 e. The van der Waals surface area contributed by atoms with Gasteiger partial charge < -0.3 is 34.3 Å². The third-order valence-electron chi connectivity index (χ3n) is 4.45. The van der Waals surface area contributed by atoms with Gasteiger partial charge in [0.1, 0.15) is 23.0 Å². The lowest BCUT2D eigenvalue weighted by molar-refractivity contribution is -0.135. The van der Waals surface area contributed by atoms with Gasteiger partial charge in [0.05, 0.1) is 46.8 Å². The highest BCUT2D eigenvalue weighted by atomic mass is 16.5. The van der Waals surface area contributed by atoms with E-state index in [4.69, 9.17) is 18.9 Å². The predicted molar refractivity (Wildman–Crippen MR) is 127 cm³/mol. The summed E-state index contributed by atoms with van der Waals surface area (Å²) in [6.07, 6.45) is 4.87. The second kappa shape index (κ2) is 12.5. The van der Waals surface area contributed by atoms with Gasteiger partial charge in [-0.25, -0.2) is 4.79 Å². The Morgan fingerprint density at radius 1 is 0.706 bits per heavy atom. The van der Waals surface area contributed by atoms with Crippen LogP contribution in [0, 0.1) is 0 Å². The van der Waals surface area contributed by atoms with E-state index in [0.29, 0.717) is 39.9 Å². The first-order valence-corrected chi connectivity index (χ1v) is 9.89. The SMILES string of the molecule is COC(=O)C=CC(=O)Nc1cc(NC(=O)C=Cc2c(OC)cc(OC)cc2OC)ccc1OC. The quantitative estimate of drug-likeness (QED) is 0.401. The molecule has 0 atom stereocenters. The molecule has 0 aromatic heterocycles. The summed E-state index contributed by atoms with van der Waals surface area (Å²) in [5.41, 5.74) is 1.25. The monoisotopic (exact) mass is 470 g/mol. The van der Waals surface area contributed by atoms with Crippen LogP contribution in [0.3, 0.4) is 0 Å². The molecule has 2 aromatic rings. The van der Waals surface area contributed by atoms with Gasteiger partial charge in [-0.05, 0) is 24.3 Å². The van der Waals surface area contributed by atoms with Crippen molar-refractivity contribution < 1.29 is 38.1 Å². The van der Waals surface area contributed by atoms with Crippen LogP contribution in [-0.2, 0) is 19.1 Å². The van der Waals surface area contributed by atoms with Crippen LogP contribution in [0.15, 0.2) is 48.6 Å². The molecular formula is C24H26N2O8. The minimum atomic E-state index is -0.667. The second-order valence-corrected chi connectivity index (χ2v) is 6.53. The molecule has 10 heteroatoms. The van der Waals surface area contributed by atoms with Crippen molar-refractivity contribution in [1.82, 2.24) is 0 Å². The second-order valence-electron chi connectivity index (χ2n) is 6.53. The van der Waals surface area contributed by atoms with Gasteiger partial charge >= 0.3 is 5.97 Å². The van der Waals surface area contributed by atoms with Gasteiger partial charge in [-0.1, -0.05) is 0 Å². The van der Waals surface area contributed by atoms with Gasteiger partial charge in [-0.3, -0.25) is 9.59 Å². The first-order chi connectivity index (χ1) is 16.3. The first-order valence-electron chi connectivity index (χ1n) is 9.89. The molecule has 2 aromatic carbocycles. The number of nitrogens with one attached hydrogen (secondary N) is 2. The average Bonchev–Trinajstić information content (AvgIpc) is 2.85. The Morgan fingerprint density at radius 3 is 1.88 bits per heavy atom. The van der Waals surface area contributed by atoms with E-state index in [2.05, 4.69) is 15.4 Å². The summed E-state index contributed by atoms with van der Waals surface area (Å²) < 4.78 is 25.6. The van der Waals surface area contributed by atoms with Crippen molar-refractivity contribution in [3.05, 3.63) is 54.1 Å². The van der Waals surface area contributed by atoms with Crippen LogP contribution in [0.4, 0.5) is 11.4 Å². The van der Waals surface area contributed by atoms with Crippen LogP contribution in [0.1, 0.15) is 5.56 Å². The number of hydrogen-bond acceptors (Lipinski definition) is 8. The van der Waals surface area contributed by atoms with Crippen molar-refractivity contribution >= 4 is 35.2 Å². The molecule has 0 aliphatic carbocycles. The number of methoxy groups -OCH3 is 5. The van der Waals surface area contributed by atoms with Crippen molar-refractivity contribution in [3.8, 4) is 23.0 Å². The maximum atomic E-state index is 12.5. The number of amides is 2. The number of anilines is 2. The van der Waals surface area contributed by atoms with E-state index in [1.54, 1.807) is 30.3 Å². The summed E-state index contributed by atoms with van der Waals surface area (Å²) in [6.45, 7) is 0. The molecule has 0 fully saturated rings. The lowest BCUT2D eigenvalue weighted by Crippen LogP contribution is -2.12. The fourth-order valence-electron chi connectivity index (χ4n) is 2.81. The molecular weight excluding hydrogens is 444 g/mol. The largest absolute Gasteiger partial charge is 0.496 e. The van der Waals surface area contributed by atoms with Crippen LogP contribution in [0.25, 0.3) is 6.08 Å². The molecule has 10 nitrogen and oxygen atoms in total. The molecule has 2 rings (SSSR count). The molecule has 0 heterocycles. The zero-order chi connectivity index (χ0) is 25.1. The third-order valence-corrected chi connectivity index (χ3v) is 4.45. The van der Waals surface area contributed by atoms with E-state index in [-0.39, 0.29) is 0 Å². The Morgan fingerprint density at radius 2 is 1.32 bits per heavy atom. The summed E-state index contributed by atoms with van der Waals surface area (Å²) in [7, 11) is 7.16. The fraction of sp³-hybridized carbons (Fsp3) is 0.208. The van der Waals surface area contributed by atoms with E-state index in [9.17, 15) is 14.4 Å². The predicted octanol–water partition coefficient (Wildman–Crippen LogP) is 3.04. The molecule has 2 amide bonds. The van der Waals surface area contributed by atoms with Crippen LogP contribution in [0.2, 0.25) is 0 Å². The molecule has 0 unspecified atom stereocenters. The van der Waals surface area contributed by atoms with E-state index in [1.807, 2.05) is 0 Å². The third kappa shape index (κ3) is 7.02. The molecule has 0 bridgehead atoms. The lowest BCUT2D eigenvalue weighted by Gasteiger charge is -2.13. The normalized spacial score (nSPS) is 10.6. The van der Waals surface area contributed by atoms with Gasteiger partial charge in [0, 0.05) is 36.0 Å². The Hall–Kier alpha value is -4.47. The molecule has 0 spiro atoms. The van der Waals surface area contributed by atoms with Crippen LogP contribution >= 0.6 is 0 Å². The molecule has 0 saturated heterocycles. The zero-order valence-electron chi connectivity index (χ0n) is 19.5. The number of esters is 1. The van der Waals surface area contributed by atoms with Crippen LogP contribution < -0.4 is 29.6 Å². The number of carbonyl (C=O) groups is 3. The maximum absolute atomic E-state index is 12.5. The number of hydrogen-bond donors (Lipinski definition) is 2. The summed E-state index contributed by atoms with van der Waals surface area (Å²) in [5.74, 6) is 0.161. The lowest BCUT2D eigenvalue weighted by atomic mass is 10.1. The number of carbonyl (C=O) groups excluding carboxylic acids is 3. The number of rotatable bonds is 10. The summed E-state index contributed by atoms with van der Waals surface area (Å²) >= 11 is 0. The van der Waals surface area contributed by atoms with Gasteiger partial charge in [0.25, 0.3) is 0 Å². The molecule has 0 saturated carbocycles. The van der Waals surface area contributed by atoms with Gasteiger partial charge in [-0.2, -0.15) is 0 Å². The molecule has 2 N–H and O–H groups in total. The Bertz CT molecular complexity index is 1080. The van der Waals surface area contributed by atoms with E-state index in [0.717, 1.165) is 12.2 Å². The zero-order valence-corrected chi connectivity index (χ0v) is 19.5. The summed E-state index contributed by atoms with van der Waals surface area (Å²) in [5, 5.41) is 5.28. The van der Waals surface area contributed by atoms with Crippen LogP contribution in [-0.4, -0.2) is 53.3 Å². The summed E-state index contributed by atoms with van der Waals surface area (Å²) in [6, 6.07) is 8.05. The van der Waals surface area contributed by atoms with Gasteiger partial charge in [0.2, 0.25) is 11.8 Å². The van der Waals surface area contributed by atoms with Crippen molar-refractivity contribution in [2.24, 2.45) is 0 Å². The van der Waals surface area contributed by atoms with Crippen molar-refractivity contribution in [3.63, 3.8) is 0 Å². The molecule has 0 radical (unpaired) electrons. The maximum Gasteiger partial charge on any atom is 0.330 e. The Kier molecular flexibility index (Phi) is 9.51. The van der Waals surface area contributed by atoms with E-state index in [1.165, 1.54) is 47.7 Å². The van der Waals surface area contributed by atoms with Crippen molar-refractivity contribution in [1.29, 1.82) is 0 Å².